The lowest BCUT2D eigenvalue weighted by molar-refractivity contribution is -0.140. The summed E-state index contributed by atoms with van der Waals surface area (Å²) in [6.07, 6.45) is 4.47. The number of hydrogen-bond donors (Lipinski definition) is 0. The summed E-state index contributed by atoms with van der Waals surface area (Å²) in [6.45, 7) is 20.5. The van der Waals surface area contributed by atoms with Crippen LogP contribution in [0.25, 0.3) is 0 Å². The van der Waals surface area contributed by atoms with Crippen molar-refractivity contribution in [2.75, 3.05) is 19.8 Å². The normalized spacial score (nSPS) is 12.0. The van der Waals surface area contributed by atoms with Crippen LogP contribution in [0, 0.1) is 11.3 Å². The van der Waals surface area contributed by atoms with Gasteiger partial charge in [-0.15, -0.1) is 0 Å². The second-order valence-electron chi connectivity index (χ2n) is 7.23. The third-order valence-corrected chi connectivity index (χ3v) is 3.71. The Morgan fingerprint density at radius 1 is 1.06 bits per heavy atom. The molecule has 0 N–H and O–H groups in total. The third-order valence-electron chi connectivity index (χ3n) is 3.71. The molecule has 0 aliphatic carbocycles. The van der Waals surface area contributed by atoms with Crippen molar-refractivity contribution in [2.24, 2.45) is 0 Å². The highest BCUT2D eigenvalue weighted by Crippen LogP contribution is 2.09. The van der Waals surface area contributed by atoms with E-state index in [0.717, 1.165) is 18.4 Å². The Bertz CT molecular complexity index is 881. The molecule has 2 rings (SSSR count). The van der Waals surface area contributed by atoms with E-state index in [1.807, 2.05) is 37.3 Å². The van der Waals surface area contributed by atoms with Crippen molar-refractivity contribution in [2.45, 2.75) is 46.3 Å². The van der Waals surface area contributed by atoms with Gasteiger partial charge in [0.05, 0.1) is 19.3 Å². The SMILES string of the molecule is C=C(C)C(=O)OCC1CO1.C=C(C)C(=O)OCc1ccccc1.C=CC#N.C=CC(=O)OCCCC. The van der Waals surface area contributed by atoms with Crippen molar-refractivity contribution in [3.05, 3.63) is 85.5 Å². The highest BCUT2D eigenvalue weighted by molar-refractivity contribution is 5.87. The van der Waals surface area contributed by atoms with Crippen molar-refractivity contribution in [3.8, 4) is 6.07 Å². The van der Waals surface area contributed by atoms with Gasteiger partial charge in [-0.2, -0.15) is 5.26 Å². The smallest absolute Gasteiger partial charge is 0.333 e. The van der Waals surface area contributed by atoms with Gasteiger partial charge in [-0.1, -0.05) is 70.0 Å². The Morgan fingerprint density at radius 2 is 1.58 bits per heavy atom. The van der Waals surface area contributed by atoms with E-state index in [4.69, 9.17) is 19.5 Å². The summed E-state index contributed by atoms with van der Waals surface area (Å²) in [5.74, 6) is -1.01. The number of rotatable bonds is 10. The second-order valence-corrected chi connectivity index (χ2v) is 7.23. The average Bonchev–Trinajstić information content (AvgIpc) is 3.72. The Morgan fingerprint density at radius 3 is 2.00 bits per heavy atom. The van der Waals surface area contributed by atoms with E-state index < -0.39 is 0 Å². The van der Waals surface area contributed by atoms with Gasteiger partial charge in [-0.05, 0) is 25.8 Å². The summed E-state index contributed by atoms with van der Waals surface area (Å²) in [5, 5.41) is 7.51. The van der Waals surface area contributed by atoms with E-state index in [9.17, 15) is 14.4 Å². The largest absolute Gasteiger partial charge is 0.463 e. The zero-order valence-electron chi connectivity index (χ0n) is 21.5. The molecule has 1 aromatic rings. The van der Waals surface area contributed by atoms with Crippen LogP contribution in [0.3, 0.4) is 0 Å². The van der Waals surface area contributed by atoms with Crippen molar-refractivity contribution in [1.29, 1.82) is 5.26 Å². The maximum atomic E-state index is 11.0. The van der Waals surface area contributed by atoms with Crippen LogP contribution in [-0.2, 0) is 39.9 Å². The quantitative estimate of drug-likeness (QED) is 0.110. The number of benzene rings is 1. The van der Waals surface area contributed by atoms with Crippen LogP contribution in [0.15, 0.2) is 79.9 Å². The van der Waals surface area contributed by atoms with E-state index in [1.165, 1.54) is 12.2 Å². The fourth-order valence-corrected chi connectivity index (χ4v) is 1.68. The van der Waals surface area contributed by atoms with E-state index in [0.29, 0.717) is 37.6 Å². The molecule has 1 saturated heterocycles. The minimum Gasteiger partial charge on any atom is -0.463 e. The summed E-state index contributed by atoms with van der Waals surface area (Å²) < 4.78 is 19.2. The molecule has 0 saturated carbocycles. The number of nitrogens with zero attached hydrogens (tertiary/aromatic N) is 1. The van der Waals surface area contributed by atoms with Crippen LogP contribution in [0.1, 0.15) is 39.2 Å². The maximum absolute atomic E-state index is 11.0. The fraction of sp³-hybridized carbons (Fsp3) is 0.357. The summed E-state index contributed by atoms with van der Waals surface area (Å²) in [6, 6.07) is 11.2. The number of esters is 3. The number of carbonyl (C=O) groups excluding carboxylic acids is 3. The molecule has 1 unspecified atom stereocenters. The van der Waals surface area contributed by atoms with Crippen molar-refractivity contribution in [3.63, 3.8) is 0 Å². The molecular formula is C28H37NO7. The number of unbranched alkanes of at least 4 members (excludes halogenated alkanes) is 1. The van der Waals surface area contributed by atoms with Gasteiger partial charge in [0.15, 0.2) is 0 Å². The second kappa shape index (κ2) is 22.8. The summed E-state index contributed by atoms with van der Waals surface area (Å²) in [7, 11) is 0. The minimum atomic E-state index is -0.344. The molecule has 196 valence electrons. The van der Waals surface area contributed by atoms with E-state index in [1.54, 1.807) is 19.9 Å². The molecule has 1 heterocycles. The Labute approximate surface area is 214 Å². The van der Waals surface area contributed by atoms with Gasteiger partial charge in [0.25, 0.3) is 0 Å². The number of carbonyl (C=O) groups is 3. The number of epoxide rings is 1. The van der Waals surface area contributed by atoms with Crippen LogP contribution in [0.4, 0.5) is 0 Å². The van der Waals surface area contributed by atoms with Gasteiger partial charge in [-0.25, -0.2) is 14.4 Å². The lowest BCUT2D eigenvalue weighted by Gasteiger charge is -2.03. The predicted octanol–water partition coefficient (Wildman–Crippen LogP) is 5.02. The molecule has 1 fully saturated rings. The van der Waals surface area contributed by atoms with Gasteiger partial charge >= 0.3 is 17.9 Å². The van der Waals surface area contributed by atoms with Gasteiger partial charge < -0.3 is 18.9 Å². The molecule has 0 bridgehead atoms. The van der Waals surface area contributed by atoms with Gasteiger partial charge in [-0.3, -0.25) is 0 Å². The third kappa shape index (κ3) is 23.2. The summed E-state index contributed by atoms with van der Waals surface area (Å²) >= 11 is 0. The molecular weight excluding hydrogens is 462 g/mol. The lowest BCUT2D eigenvalue weighted by Crippen LogP contribution is -2.09. The molecule has 8 heteroatoms. The van der Waals surface area contributed by atoms with Crippen LogP contribution in [-0.4, -0.2) is 43.8 Å². The Kier molecular flexibility index (Phi) is 21.7. The first kappa shape index (κ1) is 34.2. The first-order valence-corrected chi connectivity index (χ1v) is 11.2. The zero-order chi connectivity index (χ0) is 27.8. The van der Waals surface area contributed by atoms with Crippen LogP contribution in [0.2, 0.25) is 0 Å². The summed E-state index contributed by atoms with van der Waals surface area (Å²) in [5.41, 5.74) is 1.84. The molecule has 1 aliphatic heterocycles. The number of hydrogen-bond acceptors (Lipinski definition) is 8. The van der Waals surface area contributed by atoms with Crippen LogP contribution < -0.4 is 0 Å². The minimum absolute atomic E-state index is 0.142. The molecule has 0 radical (unpaired) electrons. The fourth-order valence-electron chi connectivity index (χ4n) is 1.68. The van der Waals surface area contributed by atoms with E-state index in [-0.39, 0.29) is 24.0 Å². The predicted molar refractivity (Wildman–Crippen MR) is 138 cm³/mol. The average molecular weight is 500 g/mol. The molecule has 1 aliphatic rings. The molecule has 0 aromatic heterocycles. The molecule has 36 heavy (non-hydrogen) atoms. The molecule has 0 spiro atoms. The summed E-state index contributed by atoms with van der Waals surface area (Å²) in [4.78, 5) is 32.0. The number of allylic oxidation sites excluding steroid dienone is 1. The molecule has 0 amide bonds. The highest BCUT2D eigenvalue weighted by atomic mass is 16.6. The standard InChI is InChI=1S/C11H12O2.C7H10O3.C7H12O2.C3H3N/c1-9(2)11(12)13-8-10-6-4-3-5-7-10;1-5(2)7(8)10-4-6-3-9-6;1-3-5-6-9-7(8)4-2;1-2-3-4/h3-7H,1,8H2,2H3;6H,1,3-4H2,2H3;4H,2-3,5-6H2,1H3;2H,1H2. The zero-order valence-corrected chi connectivity index (χ0v) is 21.5. The van der Waals surface area contributed by atoms with Gasteiger partial charge in [0, 0.05) is 23.3 Å². The Hall–Kier alpha value is -3.96. The highest BCUT2D eigenvalue weighted by Gasteiger charge is 2.24. The van der Waals surface area contributed by atoms with Crippen LogP contribution in [0.5, 0.6) is 0 Å². The molecule has 1 atom stereocenters. The van der Waals surface area contributed by atoms with Crippen molar-refractivity contribution >= 4 is 17.9 Å². The maximum Gasteiger partial charge on any atom is 0.333 e. The Balaban J connectivity index is 0. The van der Waals surface area contributed by atoms with Crippen molar-refractivity contribution < 1.29 is 33.3 Å². The van der Waals surface area contributed by atoms with Crippen LogP contribution >= 0.6 is 0 Å². The van der Waals surface area contributed by atoms with E-state index in [2.05, 4.69) is 31.1 Å². The first-order chi connectivity index (χ1) is 17.1. The number of ether oxygens (including phenoxy) is 4. The topological polar surface area (TPSA) is 115 Å². The lowest BCUT2D eigenvalue weighted by atomic mass is 10.2. The number of nitriles is 1. The van der Waals surface area contributed by atoms with Gasteiger partial charge in [0.1, 0.15) is 19.3 Å². The van der Waals surface area contributed by atoms with E-state index >= 15 is 0 Å². The van der Waals surface area contributed by atoms with Gasteiger partial charge in [0.2, 0.25) is 0 Å². The first-order valence-electron chi connectivity index (χ1n) is 11.2. The monoisotopic (exact) mass is 499 g/mol. The molecule has 1 aromatic carbocycles. The molecule has 8 nitrogen and oxygen atoms in total. The van der Waals surface area contributed by atoms with Crippen molar-refractivity contribution in [1.82, 2.24) is 0 Å².